The number of allylic oxidation sites excluding steroid dienone is 4. The van der Waals surface area contributed by atoms with Gasteiger partial charge in [-0.3, -0.25) is 4.79 Å². The molecule has 0 fully saturated rings. The largest absolute Gasteiger partial charge is 0.295 e. The van der Waals surface area contributed by atoms with Crippen LogP contribution < -0.4 is 0 Å². The summed E-state index contributed by atoms with van der Waals surface area (Å²) in [5.41, 5.74) is 2.77. The third-order valence-electron chi connectivity index (χ3n) is 4.30. The normalized spacial score (nSPS) is 35.3. The molecule has 0 spiro atoms. The second-order valence-corrected chi connectivity index (χ2v) is 5.22. The molecular weight excluding hydrogens is 184 g/mol. The van der Waals surface area contributed by atoms with Crippen LogP contribution in [0.15, 0.2) is 23.3 Å². The number of rotatable bonds is 1. The smallest absolute Gasteiger partial charge is 0.155 e. The molecule has 2 aliphatic carbocycles. The molecule has 0 amide bonds. The molecule has 1 heteroatoms. The summed E-state index contributed by atoms with van der Waals surface area (Å²) < 4.78 is 0. The van der Waals surface area contributed by atoms with Crippen LogP contribution in [0.25, 0.3) is 0 Å². The fourth-order valence-corrected chi connectivity index (χ4v) is 2.93. The first-order valence-corrected chi connectivity index (χ1v) is 5.96. The highest BCUT2D eigenvalue weighted by Crippen LogP contribution is 2.48. The predicted octanol–water partition coefficient (Wildman–Crippen LogP) is 3.66. The van der Waals surface area contributed by atoms with Crippen LogP contribution in [0.4, 0.5) is 0 Å². The van der Waals surface area contributed by atoms with Crippen LogP contribution in [0.1, 0.15) is 46.5 Å². The molecule has 0 heterocycles. The van der Waals surface area contributed by atoms with Gasteiger partial charge in [0.2, 0.25) is 0 Å². The van der Waals surface area contributed by atoms with Gasteiger partial charge in [0.1, 0.15) is 0 Å². The first-order chi connectivity index (χ1) is 7.04. The van der Waals surface area contributed by atoms with E-state index in [4.69, 9.17) is 0 Å². The van der Waals surface area contributed by atoms with E-state index >= 15 is 0 Å². The average molecular weight is 204 g/mol. The minimum Gasteiger partial charge on any atom is -0.295 e. The van der Waals surface area contributed by atoms with Crippen molar-refractivity contribution in [2.24, 2.45) is 11.3 Å². The second kappa shape index (κ2) is 3.62. The Kier molecular flexibility index (Phi) is 2.57. The molecule has 0 aromatic heterocycles. The molecule has 1 nitrogen and oxygen atoms in total. The average Bonchev–Trinajstić information content (AvgIpc) is 2.19. The molecule has 2 rings (SSSR count). The summed E-state index contributed by atoms with van der Waals surface area (Å²) in [6, 6.07) is 0. The summed E-state index contributed by atoms with van der Waals surface area (Å²) in [6.07, 6.45) is 9.15. The monoisotopic (exact) mass is 204 g/mol. The highest BCUT2D eigenvalue weighted by molar-refractivity contribution is 5.93. The zero-order valence-electron chi connectivity index (χ0n) is 9.97. The van der Waals surface area contributed by atoms with E-state index in [1.54, 1.807) is 12.5 Å². The van der Waals surface area contributed by atoms with Crippen molar-refractivity contribution in [1.82, 2.24) is 0 Å². The fraction of sp³-hybridized carbons (Fsp3) is 0.643. The molecule has 2 atom stereocenters. The van der Waals surface area contributed by atoms with Crippen LogP contribution in [0.3, 0.4) is 0 Å². The number of hydrogen-bond acceptors (Lipinski definition) is 1. The maximum absolute atomic E-state index is 11.4. The van der Waals surface area contributed by atoms with E-state index in [1.807, 2.05) is 0 Å². The fourth-order valence-electron chi connectivity index (χ4n) is 2.93. The Labute approximate surface area is 92.3 Å². The van der Waals surface area contributed by atoms with Crippen LogP contribution in [0, 0.1) is 11.3 Å². The number of hydrogen-bond donors (Lipinski definition) is 0. The Morgan fingerprint density at radius 1 is 1.47 bits per heavy atom. The highest BCUT2D eigenvalue weighted by Gasteiger charge is 2.37. The molecule has 0 aromatic rings. The number of carbonyl (C=O) groups is 1. The van der Waals surface area contributed by atoms with Crippen LogP contribution >= 0.6 is 0 Å². The summed E-state index contributed by atoms with van der Waals surface area (Å²) in [5, 5.41) is 0. The number of carbonyl (C=O) groups excluding carboxylic acids is 1. The number of ketones is 1. The maximum Gasteiger partial charge on any atom is 0.155 e. The SMILES string of the molecule is CC(=O)C1=C[C@@]2(C)C(=CCC[C@@H]2C)CC1. The van der Waals surface area contributed by atoms with E-state index in [-0.39, 0.29) is 11.2 Å². The van der Waals surface area contributed by atoms with Gasteiger partial charge in [-0.15, -0.1) is 0 Å². The van der Waals surface area contributed by atoms with Gasteiger partial charge >= 0.3 is 0 Å². The standard InChI is InChI=1S/C14H20O/c1-10-5-4-6-13-8-7-12(11(2)15)9-14(10,13)3/h6,9-10H,4-5,7-8H2,1-3H3/t10-,14+/m0/s1. The summed E-state index contributed by atoms with van der Waals surface area (Å²) in [6.45, 7) is 6.30. The summed E-state index contributed by atoms with van der Waals surface area (Å²) in [4.78, 5) is 11.4. The van der Waals surface area contributed by atoms with Crippen molar-refractivity contribution < 1.29 is 4.79 Å². The van der Waals surface area contributed by atoms with Crippen LogP contribution in [0.2, 0.25) is 0 Å². The Balaban J connectivity index is 2.41. The third-order valence-corrected chi connectivity index (χ3v) is 4.30. The van der Waals surface area contributed by atoms with E-state index in [0.29, 0.717) is 5.92 Å². The van der Waals surface area contributed by atoms with Gasteiger partial charge in [-0.1, -0.05) is 31.6 Å². The van der Waals surface area contributed by atoms with Crippen molar-refractivity contribution in [2.75, 3.05) is 0 Å². The van der Waals surface area contributed by atoms with E-state index in [2.05, 4.69) is 26.0 Å². The van der Waals surface area contributed by atoms with Crippen molar-refractivity contribution >= 4 is 5.78 Å². The number of fused-ring (bicyclic) bond motifs is 1. The van der Waals surface area contributed by atoms with Gasteiger partial charge in [-0.25, -0.2) is 0 Å². The van der Waals surface area contributed by atoms with E-state index in [9.17, 15) is 4.79 Å². The van der Waals surface area contributed by atoms with Crippen molar-refractivity contribution in [2.45, 2.75) is 46.5 Å². The third kappa shape index (κ3) is 1.68. The number of Topliss-reactive ketones (excluding diaryl/α,β-unsaturated/α-hetero) is 1. The zero-order valence-corrected chi connectivity index (χ0v) is 9.97. The molecular formula is C14H20O. The lowest BCUT2D eigenvalue weighted by atomic mass is 9.62. The van der Waals surface area contributed by atoms with Gasteiger partial charge in [0, 0.05) is 5.41 Å². The molecule has 0 unspecified atom stereocenters. The van der Waals surface area contributed by atoms with Gasteiger partial charge < -0.3 is 0 Å². The second-order valence-electron chi connectivity index (χ2n) is 5.22. The Bertz CT molecular complexity index is 348. The maximum atomic E-state index is 11.4. The Morgan fingerprint density at radius 2 is 2.20 bits per heavy atom. The lowest BCUT2D eigenvalue weighted by Crippen LogP contribution is -2.32. The lowest BCUT2D eigenvalue weighted by Gasteiger charge is -2.42. The molecule has 0 N–H and O–H groups in total. The van der Waals surface area contributed by atoms with Crippen LogP contribution in [-0.4, -0.2) is 5.78 Å². The van der Waals surface area contributed by atoms with Gasteiger partial charge in [0.05, 0.1) is 0 Å². The molecule has 15 heavy (non-hydrogen) atoms. The van der Waals surface area contributed by atoms with Gasteiger partial charge in [0.15, 0.2) is 5.78 Å². The highest BCUT2D eigenvalue weighted by atomic mass is 16.1. The first-order valence-electron chi connectivity index (χ1n) is 5.96. The lowest BCUT2D eigenvalue weighted by molar-refractivity contribution is -0.113. The van der Waals surface area contributed by atoms with Gasteiger partial charge in [-0.05, 0) is 44.1 Å². The summed E-state index contributed by atoms with van der Waals surface area (Å²) in [7, 11) is 0. The first kappa shape index (κ1) is 10.7. The van der Waals surface area contributed by atoms with E-state index < -0.39 is 0 Å². The predicted molar refractivity (Wildman–Crippen MR) is 62.6 cm³/mol. The summed E-state index contributed by atoms with van der Waals surface area (Å²) >= 11 is 0. The topological polar surface area (TPSA) is 17.1 Å². The van der Waals surface area contributed by atoms with E-state index in [0.717, 1.165) is 18.4 Å². The minimum atomic E-state index is 0.164. The van der Waals surface area contributed by atoms with Crippen molar-refractivity contribution in [3.05, 3.63) is 23.3 Å². The van der Waals surface area contributed by atoms with Gasteiger partial charge in [0.25, 0.3) is 0 Å². The molecule has 0 bridgehead atoms. The molecule has 0 aromatic carbocycles. The van der Waals surface area contributed by atoms with Crippen molar-refractivity contribution in [3.8, 4) is 0 Å². The van der Waals surface area contributed by atoms with Crippen LogP contribution in [0.5, 0.6) is 0 Å². The van der Waals surface area contributed by atoms with E-state index in [1.165, 1.54) is 12.8 Å². The molecule has 0 aliphatic heterocycles. The Morgan fingerprint density at radius 3 is 2.87 bits per heavy atom. The minimum absolute atomic E-state index is 0.164. The summed E-state index contributed by atoms with van der Waals surface area (Å²) in [5.74, 6) is 0.931. The molecule has 2 aliphatic rings. The Hall–Kier alpha value is -0.850. The van der Waals surface area contributed by atoms with Crippen molar-refractivity contribution in [1.29, 1.82) is 0 Å². The van der Waals surface area contributed by atoms with Gasteiger partial charge in [-0.2, -0.15) is 0 Å². The van der Waals surface area contributed by atoms with Crippen LogP contribution in [-0.2, 0) is 4.79 Å². The molecule has 0 saturated carbocycles. The molecule has 0 radical (unpaired) electrons. The van der Waals surface area contributed by atoms with Crippen molar-refractivity contribution in [3.63, 3.8) is 0 Å². The molecule has 82 valence electrons. The quantitative estimate of drug-likeness (QED) is 0.596. The molecule has 0 saturated heterocycles. The zero-order chi connectivity index (χ0) is 11.1.